The lowest BCUT2D eigenvalue weighted by Crippen LogP contribution is -2.50. The zero-order valence-electron chi connectivity index (χ0n) is 17.4. The Kier molecular flexibility index (Phi) is 9.39. The molecule has 2 amide bonds. The highest BCUT2D eigenvalue weighted by Gasteiger charge is 2.38. The quantitative estimate of drug-likeness (QED) is 0.416. The van der Waals surface area contributed by atoms with Gasteiger partial charge in [0.25, 0.3) is 5.91 Å². The molecule has 0 spiro atoms. The highest BCUT2D eigenvalue weighted by molar-refractivity contribution is 7.91. The maximum absolute atomic E-state index is 12.8. The number of esters is 1. The maximum Gasteiger partial charge on any atom is 0.306 e. The van der Waals surface area contributed by atoms with E-state index in [0.717, 1.165) is 44.9 Å². The number of ether oxygens (including phenoxy) is 1. The molecule has 1 atom stereocenters. The number of rotatable bonds is 10. The van der Waals surface area contributed by atoms with Crippen LogP contribution in [0.4, 0.5) is 0 Å². The van der Waals surface area contributed by atoms with Crippen molar-refractivity contribution >= 4 is 27.6 Å². The highest BCUT2D eigenvalue weighted by Crippen LogP contribution is 2.28. The minimum atomic E-state index is -3.10. The predicted octanol–water partition coefficient (Wildman–Crippen LogP) is 1.57. The number of hydrogen-bond donors (Lipinski definition) is 1. The smallest absolute Gasteiger partial charge is 0.306 e. The summed E-state index contributed by atoms with van der Waals surface area (Å²) in [6.45, 7) is 1.73. The Morgan fingerprint density at radius 3 is 2.34 bits per heavy atom. The third-order valence-corrected chi connectivity index (χ3v) is 7.40. The van der Waals surface area contributed by atoms with Gasteiger partial charge >= 0.3 is 5.97 Å². The predicted molar refractivity (Wildman–Crippen MR) is 109 cm³/mol. The van der Waals surface area contributed by atoms with Crippen LogP contribution in [0, 0.1) is 0 Å². The van der Waals surface area contributed by atoms with Crippen LogP contribution in [-0.4, -0.2) is 67.8 Å². The maximum atomic E-state index is 12.8. The van der Waals surface area contributed by atoms with Crippen molar-refractivity contribution in [3.05, 3.63) is 0 Å². The molecule has 0 aromatic carbocycles. The van der Waals surface area contributed by atoms with Crippen LogP contribution in [-0.2, 0) is 29.0 Å². The number of sulfone groups is 1. The largest absolute Gasteiger partial charge is 0.456 e. The molecule has 29 heavy (non-hydrogen) atoms. The molecule has 1 saturated carbocycles. The molecule has 1 aliphatic heterocycles. The first-order valence-electron chi connectivity index (χ1n) is 10.7. The van der Waals surface area contributed by atoms with Gasteiger partial charge in [0.05, 0.1) is 11.5 Å². The van der Waals surface area contributed by atoms with Gasteiger partial charge in [-0.15, -0.1) is 0 Å². The minimum Gasteiger partial charge on any atom is -0.456 e. The molecule has 1 aliphatic carbocycles. The molecule has 0 aromatic heterocycles. The van der Waals surface area contributed by atoms with E-state index in [1.165, 1.54) is 6.92 Å². The summed E-state index contributed by atoms with van der Waals surface area (Å²) in [7, 11) is -3.10. The Balaban J connectivity index is 1.78. The molecule has 1 saturated heterocycles. The van der Waals surface area contributed by atoms with Gasteiger partial charge < -0.3 is 15.0 Å². The van der Waals surface area contributed by atoms with Crippen LogP contribution >= 0.6 is 0 Å². The van der Waals surface area contributed by atoms with Gasteiger partial charge in [0.2, 0.25) is 5.91 Å². The lowest BCUT2D eigenvalue weighted by Gasteiger charge is -2.38. The van der Waals surface area contributed by atoms with Crippen molar-refractivity contribution < 1.29 is 27.5 Å². The summed E-state index contributed by atoms with van der Waals surface area (Å²) in [5.41, 5.74) is 0. The van der Waals surface area contributed by atoms with Gasteiger partial charge in [0.15, 0.2) is 16.4 Å². The van der Waals surface area contributed by atoms with Gasteiger partial charge in [0.1, 0.15) is 0 Å². The number of amides is 2. The molecule has 2 aliphatic rings. The Bertz CT molecular complexity index is 672. The van der Waals surface area contributed by atoms with Crippen LogP contribution in [0.25, 0.3) is 0 Å². The highest BCUT2D eigenvalue weighted by atomic mass is 32.2. The number of unbranched alkanes of at least 4 members (excludes halogenated alkanes) is 2. The summed E-state index contributed by atoms with van der Waals surface area (Å²) in [5, 5.41) is 2.70. The van der Waals surface area contributed by atoms with Crippen molar-refractivity contribution in [2.75, 3.05) is 24.7 Å². The zero-order chi connectivity index (χ0) is 21.3. The molecule has 2 fully saturated rings. The summed E-state index contributed by atoms with van der Waals surface area (Å²) in [6, 6.07) is -0.259. The van der Waals surface area contributed by atoms with Gasteiger partial charge in [-0.1, -0.05) is 25.7 Å². The normalized spacial score (nSPS) is 21.5. The Morgan fingerprint density at radius 2 is 1.72 bits per heavy atom. The van der Waals surface area contributed by atoms with Gasteiger partial charge in [-0.25, -0.2) is 8.42 Å². The number of carbonyl (C=O) groups is 3. The summed E-state index contributed by atoms with van der Waals surface area (Å²) in [4.78, 5) is 37.3. The van der Waals surface area contributed by atoms with Crippen LogP contribution in [0.15, 0.2) is 0 Å². The Morgan fingerprint density at radius 1 is 1.00 bits per heavy atom. The van der Waals surface area contributed by atoms with E-state index in [0.29, 0.717) is 19.4 Å². The van der Waals surface area contributed by atoms with Gasteiger partial charge in [-0.3, -0.25) is 14.4 Å². The first-order valence-corrected chi connectivity index (χ1v) is 12.5. The Labute approximate surface area is 173 Å². The second kappa shape index (κ2) is 11.5. The molecular formula is C20H34N2O6S. The molecule has 0 aromatic rings. The summed E-state index contributed by atoms with van der Waals surface area (Å²) in [6.07, 6.45) is 7.88. The van der Waals surface area contributed by atoms with E-state index in [1.54, 1.807) is 4.90 Å². The van der Waals surface area contributed by atoms with E-state index >= 15 is 0 Å². The second-order valence-electron chi connectivity index (χ2n) is 8.10. The molecule has 1 heterocycles. The number of nitrogens with one attached hydrogen (secondary N) is 1. The van der Waals surface area contributed by atoms with Crippen LogP contribution < -0.4 is 5.32 Å². The molecule has 0 bridgehead atoms. The fraction of sp³-hybridized carbons (Fsp3) is 0.850. The minimum absolute atomic E-state index is 0.0114. The van der Waals surface area contributed by atoms with Crippen LogP contribution in [0.5, 0.6) is 0 Å². The Hall–Kier alpha value is -1.64. The lowest BCUT2D eigenvalue weighted by molar-refractivity contribution is -0.154. The monoisotopic (exact) mass is 430 g/mol. The molecular weight excluding hydrogens is 396 g/mol. The molecule has 0 radical (unpaired) electrons. The van der Waals surface area contributed by atoms with E-state index in [9.17, 15) is 22.8 Å². The van der Waals surface area contributed by atoms with E-state index < -0.39 is 15.8 Å². The molecule has 8 nitrogen and oxygen atoms in total. The van der Waals surface area contributed by atoms with E-state index in [4.69, 9.17) is 4.74 Å². The molecule has 166 valence electrons. The van der Waals surface area contributed by atoms with Crippen molar-refractivity contribution in [1.82, 2.24) is 10.2 Å². The number of carbonyl (C=O) groups excluding carboxylic acids is 3. The number of hydrogen-bond acceptors (Lipinski definition) is 6. The molecule has 2 rings (SSSR count). The molecule has 1 N–H and O–H groups in total. The number of nitrogens with zero attached hydrogens (tertiary/aromatic N) is 1. The van der Waals surface area contributed by atoms with E-state index in [-0.39, 0.29) is 48.4 Å². The zero-order valence-corrected chi connectivity index (χ0v) is 18.2. The van der Waals surface area contributed by atoms with Gasteiger partial charge in [0, 0.05) is 32.0 Å². The summed E-state index contributed by atoms with van der Waals surface area (Å²) < 4.78 is 29.0. The molecule has 1 unspecified atom stereocenters. The van der Waals surface area contributed by atoms with Crippen LogP contribution in [0.2, 0.25) is 0 Å². The lowest BCUT2D eigenvalue weighted by atomic mass is 9.93. The molecule has 9 heteroatoms. The van der Waals surface area contributed by atoms with Crippen molar-refractivity contribution in [3.63, 3.8) is 0 Å². The fourth-order valence-corrected chi connectivity index (χ4v) is 5.90. The first kappa shape index (κ1) is 23.6. The third-order valence-electron chi connectivity index (χ3n) is 5.65. The second-order valence-corrected chi connectivity index (χ2v) is 10.3. The first-order chi connectivity index (χ1) is 13.8. The van der Waals surface area contributed by atoms with E-state index in [1.807, 2.05) is 0 Å². The van der Waals surface area contributed by atoms with Crippen molar-refractivity contribution in [3.8, 4) is 0 Å². The fourth-order valence-electron chi connectivity index (χ4n) is 4.18. The standard InChI is InChI=1S/C20H34N2O6S/c1-16(23)21-12-7-3-6-10-20(25)28-14-19(24)22(17-8-4-2-5-9-17)18-11-13-29(26,27)15-18/h17-18H,2-15H2,1H3,(H,21,23). The average Bonchev–Trinajstić information content (AvgIpc) is 3.03. The average molecular weight is 431 g/mol. The van der Waals surface area contributed by atoms with Crippen LogP contribution in [0.1, 0.15) is 71.1 Å². The van der Waals surface area contributed by atoms with Gasteiger partial charge in [-0.05, 0) is 32.1 Å². The van der Waals surface area contributed by atoms with Crippen molar-refractivity contribution in [1.29, 1.82) is 0 Å². The SMILES string of the molecule is CC(=O)NCCCCCC(=O)OCC(=O)N(C1CCCCC1)C1CCS(=O)(=O)C1. The van der Waals surface area contributed by atoms with E-state index in [2.05, 4.69) is 5.32 Å². The van der Waals surface area contributed by atoms with Gasteiger partial charge in [-0.2, -0.15) is 0 Å². The third kappa shape index (κ3) is 8.32. The summed E-state index contributed by atoms with van der Waals surface area (Å²) in [5.74, 6) is -0.636. The van der Waals surface area contributed by atoms with Crippen molar-refractivity contribution in [2.45, 2.75) is 83.2 Å². The van der Waals surface area contributed by atoms with Crippen LogP contribution in [0.3, 0.4) is 0 Å². The van der Waals surface area contributed by atoms with Crippen molar-refractivity contribution in [2.24, 2.45) is 0 Å². The topological polar surface area (TPSA) is 110 Å². The summed E-state index contributed by atoms with van der Waals surface area (Å²) >= 11 is 0.